The van der Waals surface area contributed by atoms with E-state index in [4.69, 9.17) is 9.73 Å². The molecule has 29 heavy (non-hydrogen) atoms. The predicted octanol–water partition coefficient (Wildman–Crippen LogP) is 4.67. The summed E-state index contributed by atoms with van der Waals surface area (Å²) in [5.41, 5.74) is 1.23. The molecule has 0 heterocycles. The highest BCUT2D eigenvalue weighted by atomic mass is 127. The van der Waals surface area contributed by atoms with Crippen molar-refractivity contribution < 1.29 is 4.74 Å². The Morgan fingerprint density at radius 2 is 1.79 bits per heavy atom. The Morgan fingerprint density at radius 1 is 1.07 bits per heavy atom. The highest BCUT2D eigenvalue weighted by Gasteiger charge is 2.06. The number of aliphatic imine (C=N–C) groups is 1. The summed E-state index contributed by atoms with van der Waals surface area (Å²) in [7, 11) is 0. The van der Waals surface area contributed by atoms with Gasteiger partial charge in [-0.15, -0.1) is 24.0 Å². The SMILES string of the molecule is CCNC(=NCCCCOCc1ccccc1)NC(C)CCCN(CC)CC.I. The van der Waals surface area contributed by atoms with E-state index in [9.17, 15) is 0 Å². The summed E-state index contributed by atoms with van der Waals surface area (Å²) in [5.74, 6) is 0.933. The normalized spacial score (nSPS) is 12.5. The first kappa shape index (κ1) is 28.1. The summed E-state index contributed by atoms with van der Waals surface area (Å²) in [6.45, 7) is 15.5. The van der Waals surface area contributed by atoms with E-state index in [1.807, 2.05) is 18.2 Å². The lowest BCUT2D eigenvalue weighted by Gasteiger charge is -2.21. The van der Waals surface area contributed by atoms with Crippen LogP contribution >= 0.6 is 24.0 Å². The average molecular weight is 519 g/mol. The lowest BCUT2D eigenvalue weighted by molar-refractivity contribution is 0.117. The first-order valence-electron chi connectivity index (χ1n) is 11.1. The second-order valence-corrected chi connectivity index (χ2v) is 7.22. The standard InChI is InChI=1S/C23H42N4O.HI/c1-5-24-23(26-21(4)14-13-18-27(6-2)7-3)25-17-11-12-19-28-20-22-15-9-8-10-16-22;/h8-10,15-16,21H,5-7,11-14,17-20H2,1-4H3,(H2,24,25,26);1H. The van der Waals surface area contributed by atoms with Gasteiger partial charge in [-0.25, -0.2) is 0 Å². The van der Waals surface area contributed by atoms with Crippen LogP contribution in [-0.4, -0.2) is 56.2 Å². The van der Waals surface area contributed by atoms with Crippen LogP contribution in [0.2, 0.25) is 0 Å². The van der Waals surface area contributed by atoms with Gasteiger partial charge < -0.3 is 20.3 Å². The van der Waals surface area contributed by atoms with Crippen LogP contribution in [0.25, 0.3) is 0 Å². The van der Waals surface area contributed by atoms with E-state index >= 15 is 0 Å². The monoisotopic (exact) mass is 518 g/mol. The van der Waals surface area contributed by atoms with Crippen LogP contribution < -0.4 is 10.6 Å². The Kier molecular flexibility index (Phi) is 18.6. The molecule has 5 nitrogen and oxygen atoms in total. The molecule has 0 radical (unpaired) electrons. The van der Waals surface area contributed by atoms with Gasteiger partial charge in [0.05, 0.1) is 6.61 Å². The van der Waals surface area contributed by atoms with Crippen molar-refractivity contribution in [2.24, 2.45) is 4.99 Å². The number of guanidine groups is 1. The second kappa shape index (κ2) is 19.1. The predicted molar refractivity (Wildman–Crippen MR) is 136 cm³/mol. The summed E-state index contributed by atoms with van der Waals surface area (Å²) in [6.07, 6.45) is 4.46. The van der Waals surface area contributed by atoms with Crippen LogP contribution in [0.15, 0.2) is 35.3 Å². The van der Waals surface area contributed by atoms with Gasteiger partial charge >= 0.3 is 0 Å². The molecule has 2 N–H and O–H groups in total. The smallest absolute Gasteiger partial charge is 0.191 e. The number of nitrogens with one attached hydrogen (secondary N) is 2. The summed E-state index contributed by atoms with van der Waals surface area (Å²) in [4.78, 5) is 7.19. The molecule has 1 atom stereocenters. The average Bonchev–Trinajstić information content (AvgIpc) is 2.71. The summed E-state index contributed by atoms with van der Waals surface area (Å²) in [6, 6.07) is 10.8. The topological polar surface area (TPSA) is 48.9 Å². The fraction of sp³-hybridized carbons (Fsp3) is 0.696. The van der Waals surface area contributed by atoms with Crippen molar-refractivity contribution in [1.82, 2.24) is 15.5 Å². The van der Waals surface area contributed by atoms with Crippen molar-refractivity contribution in [3.8, 4) is 0 Å². The number of hydrogen-bond acceptors (Lipinski definition) is 3. The summed E-state index contributed by atoms with van der Waals surface area (Å²) in [5, 5.41) is 6.90. The molecule has 0 spiro atoms. The van der Waals surface area contributed by atoms with Gasteiger partial charge in [0.2, 0.25) is 0 Å². The van der Waals surface area contributed by atoms with Crippen LogP contribution in [-0.2, 0) is 11.3 Å². The molecule has 0 bridgehead atoms. The second-order valence-electron chi connectivity index (χ2n) is 7.22. The van der Waals surface area contributed by atoms with Gasteiger partial charge in [0.25, 0.3) is 0 Å². The first-order chi connectivity index (χ1) is 13.7. The van der Waals surface area contributed by atoms with Crippen molar-refractivity contribution in [3.63, 3.8) is 0 Å². The molecule has 1 rings (SSSR count). The molecule has 168 valence electrons. The zero-order chi connectivity index (χ0) is 20.5. The number of nitrogens with zero attached hydrogens (tertiary/aromatic N) is 2. The maximum absolute atomic E-state index is 5.74. The van der Waals surface area contributed by atoms with Gasteiger partial charge in [0, 0.05) is 25.7 Å². The van der Waals surface area contributed by atoms with Gasteiger partial charge in [-0.2, -0.15) is 0 Å². The van der Waals surface area contributed by atoms with E-state index in [1.165, 1.54) is 18.5 Å². The molecule has 0 aromatic heterocycles. The van der Waals surface area contributed by atoms with E-state index < -0.39 is 0 Å². The van der Waals surface area contributed by atoms with Gasteiger partial charge in [0.15, 0.2) is 5.96 Å². The largest absolute Gasteiger partial charge is 0.377 e. The molecular weight excluding hydrogens is 475 g/mol. The highest BCUT2D eigenvalue weighted by molar-refractivity contribution is 14.0. The van der Waals surface area contributed by atoms with Crippen LogP contribution in [0.3, 0.4) is 0 Å². The third-order valence-electron chi connectivity index (χ3n) is 4.81. The zero-order valence-corrected chi connectivity index (χ0v) is 21.3. The Hall–Kier alpha value is -0.860. The maximum atomic E-state index is 5.74. The molecule has 0 aliphatic heterocycles. The van der Waals surface area contributed by atoms with Crippen LogP contribution in [0.1, 0.15) is 58.9 Å². The quantitative estimate of drug-likeness (QED) is 0.153. The summed E-state index contributed by atoms with van der Waals surface area (Å²) < 4.78 is 5.74. The van der Waals surface area contributed by atoms with Gasteiger partial charge in [-0.1, -0.05) is 44.2 Å². The molecule has 6 heteroatoms. The van der Waals surface area contributed by atoms with Crippen molar-refractivity contribution in [3.05, 3.63) is 35.9 Å². The summed E-state index contributed by atoms with van der Waals surface area (Å²) >= 11 is 0. The van der Waals surface area contributed by atoms with Gasteiger partial charge in [-0.3, -0.25) is 4.99 Å². The fourth-order valence-corrected chi connectivity index (χ4v) is 3.06. The Bertz CT molecular complexity index is 509. The molecule has 0 saturated heterocycles. The van der Waals surface area contributed by atoms with Crippen LogP contribution in [0.5, 0.6) is 0 Å². The van der Waals surface area contributed by atoms with Crippen molar-refractivity contribution in [2.45, 2.75) is 66.0 Å². The molecule has 1 aromatic rings. The molecule has 0 amide bonds. The van der Waals surface area contributed by atoms with Crippen molar-refractivity contribution in [1.29, 1.82) is 0 Å². The molecule has 1 unspecified atom stereocenters. The third kappa shape index (κ3) is 14.7. The van der Waals surface area contributed by atoms with E-state index in [0.717, 1.165) is 58.0 Å². The molecule has 0 aliphatic carbocycles. The minimum absolute atomic E-state index is 0. The molecule has 0 fully saturated rings. The lowest BCUT2D eigenvalue weighted by Crippen LogP contribution is -2.42. The Morgan fingerprint density at radius 3 is 2.45 bits per heavy atom. The third-order valence-corrected chi connectivity index (χ3v) is 4.81. The van der Waals surface area contributed by atoms with E-state index in [0.29, 0.717) is 12.6 Å². The lowest BCUT2D eigenvalue weighted by atomic mass is 10.2. The van der Waals surface area contributed by atoms with Crippen molar-refractivity contribution >= 4 is 29.9 Å². The van der Waals surface area contributed by atoms with Crippen LogP contribution in [0, 0.1) is 0 Å². The van der Waals surface area contributed by atoms with Gasteiger partial charge in [0.1, 0.15) is 0 Å². The van der Waals surface area contributed by atoms with E-state index in [2.05, 4.69) is 55.4 Å². The maximum Gasteiger partial charge on any atom is 0.191 e. The van der Waals surface area contributed by atoms with Gasteiger partial charge in [-0.05, 0) is 64.7 Å². The number of unbranched alkanes of at least 4 members (excludes halogenated alkanes) is 1. The zero-order valence-electron chi connectivity index (χ0n) is 19.0. The fourth-order valence-electron chi connectivity index (χ4n) is 3.06. The Balaban J connectivity index is 0.00000784. The number of ether oxygens (including phenoxy) is 1. The van der Waals surface area contributed by atoms with Crippen molar-refractivity contribution in [2.75, 3.05) is 39.3 Å². The van der Waals surface area contributed by atoms with Crippen LogP contribution in [0.4, 0.5) is 0 Å². The molecule has 0 saturated carbocycles. The minimum atomic E-state index is 0. The number of rotatable bonds is 15. The molecular formula is C23H43IN4O. The van der Waals surface area contributed by atoms with E-state index in [1.54, 1.807) is 0 Å². The number of benzene rings is 1. The highest BCUT2D eigenvalue weighted by Crippen LogP contribution is 2.02. The first-order valence-corrected chi connectivity index (χ1v) is 11.1. The van der Waals surface area contributed by atoms with E-state index in [-0.39, 0.29) is 24.0 Å². The Labute approximate surface area is 196 Å². The molecule has 0 aliphatic rings. The number of halogens is 1. The molecule has 1 aromatic carbocycles. The minimum Gasteiger partial charge on any atom is -0.377 e. The number of hydrogen-bond donors (Lipinski definition) is 2.